The molecule has 0 saturated carbocycles. The predicted molar refractivity (Wildman–Crippen MR) is 126 cm³/mol. The molecule has 0 aromatic heterocycles. The van der Waals surface area contributed by atoms with Gasteiger partial charge in [-0.05, 0) is 41.0 Å². The lowest BCUT2D eigenvalue weighted by atomic mass is 9.98. The standard InChI is InChI=1S/C26H32N2O5/c1-17(2)23(15-24(29)27-14-8-7-13-25(30)31)28-26(32)33-16-22-20-11-5-3-9-18(20)19-10-4-6-12-21(19)22/h3-6,9-12,17,22-23H,7-8,13-16H2,1-2H3,(H,27,29)(H,28,32)(H,30,31). The number of amides is 2. The SMILES string of the molecule is CC(C)C(CC(=O)NCCCCC(=O)O)NC(=O)OCC1c2ccccc2-c2ccccc21. The number of carbonyl (C=O) groups excluding carboxylic acids is 2. The van der Waals surface area contributed by atoms with Gasteiger partial charge in [0.2, 0.25) is 5.91 Å². The number of fused-ring (bicyclic) bond motifs is 3. The number of nitrogens with one attached hydrogen (secondary N) is 2. The maximum Gasteiger partial charge on any atom is 0.407 e. The lowest BCUT2D eigenvalue weighted by Gasteiger charge is -2.22. The highest BCUT2D eigenvalue weighted by molar-refractivity contribution is 5.79. The molecule has 176 valence electrons. The molecule has 1 atom stereocenters. The minimum Gasteiger partial charge on any atom is -0.481 e. The fourth-order valence-corrected chi connectivity index (χ4v) is 4.15. The Kier molecular flexibility index (Phi) is 8.46. The number of carboxylic acid groups (broad SMARTS) is 1. The van der Waals surface area contributed by atoms with E-state index >= 15 is 0 Å². The smallest absolute Gasteiger partial charge is 0.407 e. The summed E-state index contributed by atoms with van der Waals surface area (Å²) < 4.78 is 5.60. The molecule has 0 spiro atoms. The van der Waals surface area contributed by atoms with Crippen molar-refractivity contribution in [3.05, 3.63) is 59.7 Å². The summed E-state index contributed by atoms with van der Waals surface area (Å²) in [6.07, 6.45) is 0.810. The Balaban J connectivity index is 1.50. The van der Waals surface area contributed by atoms with E-state index in [2.05, 4.69) is 34.9 Å². The third-order valence-electron chi connectivity index (χ3n) is 6.00. The maximum absolute atomic E-state index is 12.6. The monoisotopic (exact) mass is 452 g/mol. The number of benzene rings is 2. The van der Waals surface area contributed by atoms with Gasteiger partial charge in [0.1, 0.15) is 6.61 Å². The lowest BCUT2D eigenvalue weighted by molar-refractivity contribution is -0.137. The first-order chi connectivity index (χ1) is 15.9. The Bertz CT molecular complexity index is 943. The minimum atomic E-state index is -0.839. The molecule has 1 aliphatic carbocycles. The first kappa shape index (κ1) is 24.3. The Labute approximate surface area is 194 Å². The predicted octanol–water partition coefficient (Wildman–Crippen LogP) is 4.31. The molecule has 0 bridgehead atoms. The van der Waals surface area contributed by atoms with Gasteiger partial charge < -0.3 is 20.5 Å². The summed E-state index contributed by atoms with van der Waals surface area (Å²) in [5.41, 5.74) is 4.63. The molecule has 0 radical (unpaired) electrons. The van der Waals surface area contributed by atoms with Gasteiger partial charge in [-0.15, -0.1) is 0 Å². The van der Waals surface area contributed by atoms with Gasteiger partial charge >= 0.3 is 12.1 Å². The molecule has 3 N–H and O–H groups in total. The van der Waals surface area contributed by atoms with E-state index in [4.69, 9.17) is 9.84 Å². The summed E-state index contributed by atoms with van der Waals surface area (Å²) in [5, 5.41) is 14.3. The summed E-state index contributed by atoms with van der Waals surface area (Å²) in [6, 6.07) is 16.0. The van der Waals surface area contributed by atoms with Crippen molar-refractivity contribution in [1.29, 1.82) is 0 Å². The van der Waals surface area contributed by atoms with Crippen LogP contribution in [0.25, 0.3) is 11.1 Å². The van der Waals surface area contributed by atoms with Gasteiger partial charge in [0.05, 0.1) is 0 Å². The van der Waals surface area contributed by atoms with Crippen LogP contribution in [0.1, 0.15) is 56.6 Å². The second kappa shape index (κ2) is 11.5. The molecule has 2 amide bonds. The van der Waals surface area contributed by atoms with Gasteiger partial charge in [0.25, 0.3) is 0 Å². The second-order valence-corrected chi connectivity index (χ2v) is 8.73. The van der Waals surface area contributed by atoms with Crippen molar-refractivity contribution in [3.8, 4) is 11.1 Å². The van der Waals surface area contributed by atoms with E-state index in [9.17, 15) is 14.4 Å². The fourth-order valence-electron chi connectivity index (χ4n) is 4.15. The third kappa shape index (κ3) is 6.57. The number of hydrogen-bond donors (Lipinski definition) is 3. The van der Waals surface area contributed by atoms with Gasteiger partial charge in [0.15, 0.2) is 0 Å². The van der Waals surface area contributed by atoms with Gasteiger partial charge in [-0.25, -0.2) is 4.79 Å². The molecule has 0 saturated heterocycles. The number of ether oxygens (including phenoxy) is 1. The third-order valence-corrected chi connectivity index (χ3v) is 6.00. The van der Waals surface area contributed by atoms with E-state index in [1.165, 1.54) is 11.1 Å². The van der Waals surface area contributed by atoms with Crippen LogP contribution < -0.4 is 10.6 Å². The highest BCUT2D eigenvalue weighted by atomic mass is 16.5. The van der Waals surface area contributed by atoms with E-state index in [-0.39, 0.29) is 43.2 Å². The molecule has 7 nitrogen and oxygen atoms in total. The Hall–Kier alpha value is -3.35. The first-order valence-corrected chi connectivity index (χ1v) is 11.5. The average Bonchev–Trinajstić information content (AvgIpc) is 3.10. The highest BCUT2D eigenvalue weighted by Gasteiger charge is 2.29. The van der Waals surface area contributed by atoms with Crippen LogP contribution in [0.5, 0.6) is 0 Å². The molecular formula is C26H32N2O5. The summed E-state index contributed by atoms with van der Waals surface area (Å²) in [7, 11) is 0. The van der Waals surface area contributed by atoms with E-state index in [1.807, 2.05) is 38.1 Å². The molecule has 3 rings (SSSR count). The summed E-state index contributed by atoms with van der Waals surface area (Å²) in [6.45, 7) is 4.52. The zero-order valence-electron chi connectivity index (χ0n) is 19.2. The van der Waals surface area contributed by atoms with Crippen LogP contribution in [0, 0.1) is 5.92 Å². The van der Waals surface area contributed by atoms with Crippen LogP contribution in [-0.4, -0.2) is 42.3 Å². The largest absolute Gasteiger partial charge is 0.481 e. The van der Waals surface area contributed by atoms with Crippen molar-refractivity contribution in [2.75, 3.05) is 13.2 Å². The minimum absolute atomic E-state index is 0.0187. The molecule has 0 fully saturated rings. The number of aliphatic carboxylic acids is 1. The summed E-state index contributed by atoms with van der Waals surface area (Å²) in [4.78, 5) is 35.4. The van der Waals surface area contributed by atoms with Gasteiger partial charge in [0, 0.05) is 31.3 Å². The quantitative estimate of drug-likeness (QED) is 0.441. The molecule has 7 heteroatoms. The Morgan fingerprint density at radius 3 is 2.15 bits per heavy atom. The number of carbonyl (C=O) groups is 3. The first-order valence-electron chi connectivity index (χ1n) is 11.5. The molecule has 2 aromatic rings. The summed E-state index contributed by atoms with van der Waals surface area (Å²) >= 11 is 0. The zero-order chi connectivity index (χ0) is 23.8. The molecule has 1 aliphatic rings. The number of alkyl carbamates (subject to hydrolysis) is 1. The topological polar surface area (TPSA) is 105 Å². The van der Waals surface area contributed by atoms with Gasteiger partial charge in [-0.2, -0.15) is 0 Å². The van der Waals surface area contributed by atoms with Crippen LogP contribution in [0.15, 0.2) is 48.5 Å². The molecule has 33 heavy (non-hydrogen) atoms. The number of unbranched alkanes of at least 4 members (excludes halogenated alkanes) is 1. The van der Waals surface area contributed by atoms with Crippen molar-refractivity contribution in [3.63, 3.8) is 0 Å². The van der Waals surface area contributed by atoms with E-state index < -0.39 is 12.1 Å². The van der Waals surface area contributed by atoms with Crippen LogP contribution in [0.2, 0.25) is 0 Å². The van der Waals surface area contributed by atoms with Crippen LogP contribution >= 0.6 is 0 Å². The van der Waals surface area contributed by atoms with E-state index in [0.717, 1.165) is 11.1 Å². The molecule has 2 aromatic carbocycles. The molecule has 1 unspecified atom stereocenters. The van der Waals surface area contributed by atoms with Gasteiger partial charge in [-0.1, -0.05) is 62.4 Å². The second-order valence-electron chi connectivity index (χ2n) is 8.73. The normalized spacial score (nSPS) is 13.2. The molecule has 0 heterocycles. The highest BCUT2D eigenvalue weighted by Crippen LogP contribution is 2.44. The maximum atomic E-state index is 12.6. The van der Waals surface area contributed by atoms with Crippen LogP contribution in [0.4, 0.5) is 4.79 Å². The zero-order valence-corrected chi connectivity index (χ0v) is 19.2. The number of carboxylic acids is 1. The van der Waals surface area contributed by atoms with Gasteiger partial charge in [-0.3, -0.25) is 9.59 Å². The summed E-state index contributed by atoms with van der Waals surface area (Å²) in [5.74, 6) is -0.991. The average molecular weight is 453 g/mol. The van der Waals surface area contributed by atoms with Crippen molar-refractivity contribution < 1.29 is 24.2 Å². The van der Waals surface area contributed by atoms with Crippen molar-refractivity contribution in [2.45, 2.75) is 51.5 Å². The van der Waals surface area contributed by atoms with Crippen LogP contribution in [-0.2, 0) is 14.3 Å². The van der Waals surface area contributed by atoms with E-state index in [0.29, 0.717) is 19.4 Å². The molecular weight excluding hydrogens is 420 g/mol. The number of hydrogen-bond acceptors (Lipinski definition) is 4. The number of rotatable bonds is 11. The fraction of sp³-hybridized carbons (Fsp3) is 0.423. The van der Waals surface area contributed by atoms with E-state index in [1.54, 1.807) is 0 Å². The Morgan fingerprint density at radius 1 is 0.970 bits per heavy atom. The molecule has 0 aliphatic heterocycles. The van der Waals surface area contributed by atoms with Crippen molar-refractivity contribution in [1.82, 2.24) is 10.6 Å². The van der Waals surface area contributed by atoms with Crippen molar-refractivity contribution >= 4 is 18.0 Å². The van der Waals surface area contributed by atoms with Crippen LogP contribution in [0.3, 0.4) is 0 Å². The van der Waals surface area contributed by atoms with Crippen molar-refractivity contribution in [2.24, 2.45) is 5.92 Å². The lowest BCUT2D eigenvalue weighted by Crippen LogP contribution is -2.43. The Morgan fingerprint density at radius 2 is 1.58 bits per heavy atom.